The number of nitrogens with one attached hydrogen (secondary N) is 2. The first kappa shape index (κ1) is 15.0. The normalized spacial score (nSPS) is 10.5. The topological polar surface area (TPSA) is 54.0 Å². The zero-order valence-electron chi connectivity index (χ0n) is 12.1. The quantitative estimate of drug-likeness (QED) is 0.886. The summed E-state index contributed by atoms with van der Waals surface area (Å²) in [6.07, 6.45) is 1.60. The Bertz CT molecular complexity index is 594. The summed E-state index contributed by atoms with van der Waals surface area (Å²) < 4.78 is 12.8. The third-order valence-corrected chi connectivity index (χ3v) is 2.94. The van der Waals surface area contributed by atoms with Crippen LogP contribution in [0.5, 0.6) is 0 Å². The van der Waals surface area contributed by atoms with Gasteiger partial charge in [-0.3, -0.25) is 4.79 Å². The van der Waals surface area contributed by atoms with Crippen LogP contribution in [-0.2, 0) is 11.3 Å². The summed E-state index contributed by atoms with van der Waals surface area (Å²) in [6.45, 7) is 4.23. The number of hydrogen-bond donors (Lipinski definition) is 2. The predicted molar refractivity (Wildman–Crippen MR) is 81.4 cm³/mol. The number of carbonyl (C=O) groups excluding carboxylic acids is 1. The zero-order chi connectivity index (χ0) is 15.2. The van der Waals surface area contributed by atoms with Crippen LogP contribution in [0.1, 0.15) is 19.4 Å². The summed E-state index contributed by atoms with van der Waals surface area (Å²) in [5.74, 6) is 0.342. The van der Waals surface area contributed by atoms with Crippen LogP contribution in [0, 0.1) is 11.7 Å². The molecule has 0 unspecified atom stereocenters. The molecular formula is C16H18FN3O. The van der Waals surface area contributed by atoms with Gasteiger partial charge in [-0.25, -0.2) is 9.37 Å². The van der Waals surface area contributed by atoms with E-state index in [9.17, 15) is 9.18 Å². The molecule has 0 spiro atoms. The van der Waals surface area contributed by atoms with Crippen LogP contribution >= 0.6 is 0 Å². The molecule has 1 amide bonds. The highest BCUT2D eigenvalue weighted by Crippen LogP contribution is 2.12. The molecule has 0 bridgehead atoms. The first-order valence-corrected chi connectivity index (χ1v) is 6.80. The maximum absolute atomic E-state index is 12.8. The smallest absolute Gasteiger partial charge is 0.226 e. The second-order valence-electron chi connectivity index (χ2n) is 5.06. The van der Waals surface area contributed by atoms with Crippen molar-refractivity contribution in [3.05, 3.63) is 54.0 Å². The maximum Gasteiger partial charge on any atom is 0.226 e. The van der Waals surface area contributed by atoms with E-state index in [1.807, 2.05) is 13.8 Å². The lowest BCUT2D eigenvalue weighted by Crippen LogP contribution is -2.17. The minimum Gasteiger partial charge on any atom is -0.366 e. The van der Waals surface area contributed by atoms with E-state index in [2.05, 4.69) is 15.6 Å². The minimum absolute atomic E-state index is 0.0381. The lowest BCUT2D eigenvalue weighted by Gasteiger charge is -2.09. The van der Waals surface area contributed by atoms with Crippen LogP contribution in [-0.4, -0.2) is 10.9 Å². The molecule has 1 aromatic heterocycles. The molecule has 2 aromatic rings. The molecular weight excluding hydrogens is 269 g/mol. The third kappa shape index (κ3) is 4.56. The van der Waals surface area contributed by atoms with Crippen molar-refractivity contribution in [1.82, 2.24) is 4.98 Å². The summed E-state index contributed by atoms with van der Waals surface area (Å²) >= 11 is 0. The van der Waals surface area contributed by atoms with E-state index in [0.29, 0.717) is 18.1 Å². The molecule has 5 heteroatoms. The Morgan fingerprint density at radius 1 is 1.19 bits per heavy atom. The van der Waals surface area contributed by atoms with Crippen LogP contribution in [0.2, 0.25) is 0 Å². The van der Waals surface area contributed by atoms with Gasteiger partial charge < -0.3 is 10.6 Å². The molecule has 1 heterocycles. The number of amides is 1. The Labute approximate surface area is 123 Å². The van der Waals surface area contributed by atoms with Gasteiger partial charge in [0.1, 0.15) is 11.6 Å². The van der Waals surface area contributed by atoms with E-state index in [4.69, 9.17) is 0 Å². The SMILES string of the molecule is CC(C)C(=O)Nc1ccc(NCc2ccc(F)cc2)nc1. The monoisotopic (exact) mass is 287 g/mol. The predicted octanol–water partition coefficient (Wildman–Crippen LogP) is 3.43. The van der Waals surface area contributed by atoms with Gasteiger partial charge >= 0.3 is 0 Å². The van der Waals surface area contributed by atoms with E-state index < -0.39 is 0 Å². The van der Waals surface area contributed by atoms with Gasteiger partial charge in [0.15, 0.2) is 0 Å². The van der Waals surface area contributed by atoms with E-state index in [-0.39, 0.29) is 17.6 Å². The van der Waals surface area contributed by atoms with Gasteiger partial charge in [-0.05, 0) is 29.8 Å². The van der Waals surface area contributed by atoms with Crippen molar-refractivity contribution in [2.75, 3.05) is 10.6 Å². The van der Waals surface area contributed by atoms with Crippen LogP contribution < -0.4 is 10.6 Å². The molecule has 0 saturated heterocycles. The molecule has 0 radical (unpaired) electrons. The molecule has 0 fully saturated rings. The molecule has 0 atom stereocenters. The molecule has 0 aliphatic rings. The van der Waals surface area contributed by atoms with Gasteiger partial charge in [-0.2, -0.15) is 0 Å². The Hall–Kier alpha value is -2.43. The van der Waals surface area contributed by atoms with Crippen molar-refractivity contribution in [1.29, 1.82) is 0 Å². The lowest BCUT2D eigenvalue weighted by molar-refractivity contribution is -0.118. The van der Waals surface area contributed by atoms with Gasteiger partial charge in [0.25, 0.3) is 0 Å². The summed E-state index contributed by atoms with van der Waals surface area (Å²) in [7, 11) is 0. The van der Waals surface area contributed by atoms with Crippen LogP contribution in [0.15, 0.2) is 42.6 Å². The molecule has 4 nitrogen and oxygen atoms in total. The van der Waals surface area contributed by atoms with Crippen molar-refractivity contribution < 1.29 is 9.18 Å². The summed E-state index contributed by atoms with van der Waals surface area (Å²) in [4.78, 5) is 15.8. The molecule has 21 heavy (non-hydrogen) atoms. The average molecular weight is 287 g/mol. The molecule has 1 aromatic carbocycles. The van der Waals surface area contributed by atoms with Gasteiger partial charge in [0.05, 0.1) is 11.9 Å². The first-order valence-electron chi connectivity index (χ1n) is 6.80. The fourth-order valence-electron chi connectivity index (χ4n) is 1.65. The number of rotatable bonds is 5. The third-order valence-electron chi connectivity index (χ3n) is 2.94. The van der Waals surface area contributed by atoms with E-state index in [1.165, 1.54) is 12.1 Å². The highest BCUT2D eigenvalue weighted by molar-refractivity contribution is 5.91. The number of benzene rings is 1. The Balaban J connectivity index is 1.90. The molecule has 110 valence electrons. The van der Waals surface area contributed by atoms with Crippen molar-refractivity contribution in [2.45, 2.75) is 20.4 Å². The van der Waals surface area contributed by atoms with E-state index >= 15 is 0 Å². The molecule has 2 rings (SSSR count). The fraction of sp³-hybridized carbons (Fsp3) is 0.250. The number of halogens is 1. The lowest BCUT2D eigenvalue weighted by atomic mass is 10.2. The highest BCUT2D eigenvalue weighted by atomic mass is 19.1. The van der Waals surface area contributed by atoms with Gasteiger partial charge in [0.2, 0.25) is 5.91 Å². The number of hydrogen-bond acceptors (Lipinski definition) is 3. The van der Waals surface area contributed by atoms with E-state index in [0.717, 1.165) is 5.56 Å². The Morgan fingerprint density at radius 2 is 1.90 bits per heavy atom. The molecule has 0 saturated carbocycles. The van der Waals surface area contributed by atoms with E-state index in [1.54, 1.807) is 30.5 Å². The summed E-state index contributed by atoms with van der Waals surface area (Å²) in [6, 6.07) is 9.88. The van der Waals surface area contributed by atoms with Gasteiger partial charge in [0, 0.05) is 12.5 Å². The van der Waals surface area contributed by atoms with Crippen LogP contribution in [0.25, 0.3) is 0 Å². The number of carbonyl (C=O) groups is 1. The number of aromatic nitrogens is 1. The maximum atomic E-state index is 12.8. The average Bonchev–Trinajstić information content (AvgIpc) is 2.48. The van der Waals surface area contributed by atoms with Crippen molar-refractivity contribution >= 4 is 17.4 Å². The summed E-state index contributed by atoms with van der Waals surface area (Å²) in [5, 5.41) is 5.92. The van der Waals surface area contributed by atoms with Gasteiger partial charge in [-0.15, -0.1) is 0 Å². The second kappa shape index (κ2) is 6.83. The van der Waals surface area contributed by atoms with Crippen molar-refractivity contribution in [3.63, 3.8) is 0 Å². The zero-order valence-corrected chi connectivity index (χ0v) is 12.1. The second-order valence-corrected chi connectivity index (χ2v) is 5.06. The number of nitrogens with zero attached hydrogens (tertiary/aromatic N) is 1. The van der Waals surface area contributed by atoms with Gasteiger partial charge in [-0.1, -0.05) is 26.0 Å². The van der Waals surface area contributed by atoms with Crippen molar-refractivity contribution in [3.8, 4) is 0 Å². The minimum atomic E-state index is -0.248. The number of pyridine rings is 1. The number of anilines is 2. The fourth-order valence-corrected chi connectivity index (χ4v) is 1.65. The molecule has 0 aliphatic heterocycles. The Morgan fingerprint density at radius 3 is 2.48 bits per heavy atom. The molecule has 2 N–H and O–H groups in total. The largest absolute Gasteiger partial charge is 0.366 e. The van der Waals surface area contributed by atoms with Crippen LogP contribution in [0.3, 0.4) is 0 Å². The highest BCUT2D eigenvalue weighted by Gasteiger charge is 2.07. The van der Waals surface area contributed by atoms with Crippen molar-refractivity contribution in [2.24, 2.45) is 5.92 Å². The standard InChI is InChI=1S/C16H18FN3O/c1-11(2)16(21)20-14-7-8-15(19-10-14)18-9-12-3-5-13(17)6-4-12/h3-8,10-11H,9H2,1-2H3,(H,18,19)(H,20,21). The summed E-state index contributed by atoms with van der Waals surface area (Å²) in [5.41, 5.74) is 1.64. The first-order chi connectivity index (χ1) is 10.0. The van der Waals surface area contributed by atoms with Crippen LogP contribution in [0.4, 0.5) is 15.9 Å². The Kier molecular flexibility index (Phi) is 4.87. The molecule has 0 aliphatic carbocycles.